The summed E-state index contributed by atoms with van der Waals surface area (Å²) in [6.45, 7) is 5.86. The molecular weight excluding hydrogens is 263 g/mol. The second-order valence-electron chi connectivity index (χ2n) is 5.53. The predicted octanol–water partition coefficient (Wildman–Crippen LogP) is 3.13. The van der Waals surface area contributed by atoms with Gasteiger partial charge < -0.3 is 9.33 Å². The van der Waals surface area contributed by atoms with Gasteiger partial charge in [-0.25, -0.2) is 0 Å². The molecule has 1 atom stereocenters. The highest BCUT2D eigenvalue weighted by atomic mass is 28.4. The van der Waals surface area contributed by atoms with E-state index in [1.165, 1.54) is 0 Å². The molecule has 7 heteroatoms. The van der Waals surface area contributed by atoms with E-state index in [1.54, 1.807) is 0 Å². The lowest BCUT2D eigenvalue weighted by Crippen LogP contribution is -2.50. The molecule has 0 aromatic heterocycles. The third-order valence-corrected chi connectivity index (χ3v) is 3.67. The number of carbonyl (C=O) groups is 1. The number of alkyl halides is 3. The molecule has 0 N–H and O–H groups in total. The zero-order valence-electron chi connectivity index (χ0n) is 11.0. The van der Waals surface area contributed by atoms with Gasteiger partial charge in [-0.05, 0) is 38.9 Å². The van der Waals surface area contributed by atoms with Crippen molar-refractivity contribution in [3.8, 4) is 0 Å². The van der Waals surface area contributed by atoms with Crippen molar-refractivity contribution < 1.29 is 22.4 Å². The van der Waals surface area contributed by atoms with E-state index in [-0.39, 0.29) is 6.54 Å². The van der Waals surface area contributed by atoms with E-state index < -0.39 is 26.6 Å². The molecule has 106 valence electrons. The summed E-state index contributed by atoms with van der Waals surface area (Å²) in [4.78, 5) is 12.3. The molecule has 0 bridgehead atoms. The summed E-state index contributed by atoms with van der Waals surface area (Å²) in [5.74, 6) is -1.77. The van der Waals surface area contributed by atoms with Crippen molar-refractivity contribution in [3.05, 3.63) is 0 Å². The maximum Gasteiger partial charge on any atom is 0.471 e. The van der Waals surface area contributed by atoms with E-state index in [0.29, 0.717) is 12.8 Å². The first kappa shape index (κ1) is 15.5. The number of carbonyl (C=O) groups excluding carboxylic acids is 1. The molecule has 0 aromatic carbocycles. The number of nitrogens with zero attached hydrogens (tertiary/aromatic N) is 1. The Labute approximate surface area is 106 Å². The molecule has 1 heterocycles. The molecule has 1 saturated heterocycles. The van der Waals surface area contributed by atoms with E-state index >= 15 is 0 Å². The second-order valence-corrected chi connectivity index (χ2v) is 9.99. The number of rotatable bonds is 2. The van der Waals surface area contributed by atoms with Crippen molar-refractivity contribution >= 4 is 14.2 Å². The van der Waals surface area contributed by atoms with Crippen LogP contribution in [0.1, 0.15) is 25.7 Å². The van der Waals surface area contributed by atoms with Gasteiger partial charge in [-0.15, -0.1) is 0 Å². The number of hydrogen-bond acceptors (Lipinski definition) is 2. The second kappa shape index (κ2) is 5.60. The average Bonchev–Trinajstić information content (AvgIpc) is 2.38. The van der Waals surface area contributed by atoms with E-state index in [9.17, 15) is 18.0 Å². The van der Waals surface area contributed by atoms with Crippen molar-refractivity contribution in [1.29, 1.82) is 0 Å². The Kier molecular flexibility index (Phi) is 4.82. The topological polar surface area (TPSA) is 29.5 Å². The standard InChI is InChI=1S/C11H20F3NO2Si/c1-18(2,3)17-9-7-5-4-6-8-15(9)10(16)11(12,13)14/h9H,4-8H2,1-3H3. The lowest BCUT2D eigenvalue weighted by atomic mass is 10.2. The minimum Gasteiger partial charge on any atom is -0.398 e. The van der Waals surface area contributed by atoms with Gasteiger partial charge in [0.15, 0.2) is 8.32 Å². The van der Waals surface area contributed by atoms with Crippen LogP contribution in [0, 0.1) is 0 Å². The van der Waals surface area contributed by atoms with Crippen molar-refractivity contribution in [2.75, 3.05) is 6.54 Å². The summed E-state index contributed by atoms with van der Waals surface area (Å²) in [7, 11) is -1.97. The van der Waals surface area contributed by atoms with E-state index in [2.05, 4.69) is 0 Å². The molecule has 18 heavy (non-hydrogen) atoms. The van der Waals surface area contributed by atoms with E-state index in [0.717, 1.165) is 17.7 Å². The quantitative estimate of drug-likeness (QED) is 0.729. The zero-order valence-corrected chi connectivity index (χ0v) is 12.0. The Balaban J connectivity index is 2.84. The van der Waals surface area contributed by atoms with Crippen LogP contribution < -0.4 is 0 Å². The normalized spacial score (nSPS) is 22.8. The molecule has 1 aliphatic heterocycles. The van der Waals surface area contributed by atoms with Crippen LogP contribution >= 0.6 is 0 Å². The van der Waals surface area contributed by atoms with E-state index in [4.69, 9.17) is 4.43 Å². The summed E-state index contributed by atoms with van der Waals surface area (Å²) < 4.78 is 43.3. The van der Waals surface area contributed by atoms with E-state index in [1.807, 2.05) is 19.6 Å². The Morgan fingerprint density at radius 3 is 2.33 bits per heavy atom. The number of likely N-dealkylation sites (tertiary alicyclic amines) is 1. The van der Waals surface area contributed by atoms with Gasteiger partial charge in [0.05, 0.1) is 0 Å². The average molecular weight is 283 g/mol. The highest BCUT2D eigenvalue weighted by Crippen LogP contribution is 2.26. The van der Waals surface area contributed by atoms with Gasteiger partial charge in [0.2, 0.25) is 0 Å². The molecule has 1 amide bonds. The predicted molar refractivity (Wildman–Crippen MR) is 64.5 cm³/mol. The van der Waals surface area contributed by atoms with Gasteiger partial charge in [0.25, 0.3) is 0 Å². The maximum atomic E-state index is 12.5. The largest absolute Gasteiger partial charge is 0.471 e. The molecular formula is C11H20F3NO2Si. The van der Waals surface area contributed by atoms with Gasteiger partial charge in [-0.2, -0.15) is 13.2 Å². The molecule has 0 saturated carbocycles. The van der Waals surface area contributed by atoms with Gasteiger partial charge in [0, 0.05) is 6.54 Å². The molecule has 1 unspecified atom stereocenters. The van der Waals surface area contributed by atoms with Crippen LogP contribution in [0.25, 0.3) is 0 Å². The number of amides is 1. The van der Waals surface area contributed by atoms with Crippen LogP contribution in [0.2, 0.25) is 19.6 Å². The molecule has 0 radical (unpaired) electrons. The molecule has 1 rings (SSSR count). The van der Waals surface area contributed by atoms with Crippen LogP contribution in [0.5, 0.6) is 0 Å². The summed E-state index contributed by atoms with van der Waals surface area (Å²) in [5, 5.41) is 0. The molecule has 1 fully saturated rings. The fraction of sp³-hybridized carbons (Fsp3) is 0.909. The number of halogens is 3. The van der Waals surface area contributed by atoms with Crippen molar-refractivity contribution in [2.24, 2.45) is 0 Å². The van der Waals surface area contributed by atoms with Crippen LogP contribution in [0.15, 0.2) is 0 Å². The minimum atomic E-state index is -4.81. The summed E-state index contributed by atoms with van der Waals surface area (Å²) in [5.41, 5.74) is 0. The highest BCUT2D eigenvalue weighted by Gasteiger charge is 2.45. The number of hydrogen-bond donors (Lipinski definition) is 0. The first-order valence-corrected chi connectivity index (χ1v) is 9.58. The lowest BCUT2D eigenvalue weighted by molar-refractivity contribution is -0.193. The monoisotopic (exact) mass is 283 g/mol. The molecule has 1 aliphatic rings. The minimum absolute atomic E-state index is 0.132. The first-order valence-electron chi connectivity index (χ1n) is 6.17. The molecule has 0 spiro atoms. The third kappa shape index (κ3) is 4.60. The Morgan fingerprint density at radius 2 is 1.83 bits per heavy atom. The van der Waals surface area contributed by atoms with Crippen LogP contribution in [-0.2, 0) is 9.22 Å². The Morgan fingerprint density at radius 1 is 1.22 bits per heavy atom. The smallest absolute Gasteiger partial charge is 0.398 e. The van der Waals surface area contributed by atoms with Crippen LogP contribution in [-0.4, -0.2) is 38.1 Å². The zero-order chi connectivity index (χ0) is 14.0. The Bertz CT molecular complexity index is 302. The van der Waals surface area contributed by atoms with Gasteiger partial charge in [0.1, 0.15) is 6.23 Å². The highest BCUT2D eigenvalue weighted by molar-refractivity contribution is 6.69. The third-order valence-electron chi connectivity index (χ3n) is 2.69. The van der Waals surface area contributed by atoms with Crippen molar-refractivity contribution in [1.82, 2.24) is 4.90 Å². The Hall–Kier alpha value is -0.563. The van der Waals surface area contributed by atoms with Crippen LogP contribution in [0.3, 0.4) is 0 Å². The fourth-order valence-corrected chi connectivity index (χ4v) is 3.06. The first-order chi connectivity index (χ1) is 8.11. The van der Waals surface area contributed by atoms with Crippen molar-refractivity contribution in [3.63, 3.8) is 0 Å². The van der Waals surface area contributed by atoms with Crippen molar-refractivity contribution in [2.45, 2.75) is 57.7 Å². The fourth-order valence-electron chi connectivity index (χ4n) is 2.00. The van der Waals surface area contributed by atoms with Gasteiger partial charge in [-0.1, -0.05) is 6.42 Å². The lowest BCUT2D eigenvalue weighted by Gasteiger charge is -2.34. The van der Waals surface area contributed by atoms with Gasteiger partial charge in [-0.3, -0.25) is 4.79 Å². The molecule has 0 aliphatic carbocycles. The van der Waals surface area contributed by atoms with Gasteiger partial charge >= 0.3 is 12.1 Å². The van der Waals surface area contributed by atoms with Crippen LogP contribution in [0.4, 0.5) is 13.2 Å². The summed E-state index contributed by atoms with van der Waals surface area (Å²) in [6.07, 6.45) is -2.79. The maximum absolute atomic E-state index is 12.5. The summed E-state index contributed by atoms with van der Waals surface area (Å²) in [6, 6.07) is 0. The molecule has 0 aromatic rings. The molecule has 3 nitrogen and oxygen atoms in total. The SMILES string of the molecule is C[Si](C)(C)OC1CCCCCN1C(=O)C(F)(F)F. The summed E-state index contributed by atoms with van der Waals surface area (Å²) >= 11 is 0.